The van der Waals surface area contributed by atoms with Crippen LogP contribution in [-0.2, 0) is 11.2 Å². The number of carbonyl (C=O) groups is 1. The molecule has 132 valence electrons. The second kappa shape index (κ2) is 8.26. The van der Waals surface area contributed by atoms with Crippen molar-refractivity contribution in [2.75, 3.05) is 24.5 Å². The van der Waals surface area contributed by atoms with Crippen molar-refractivity contribution in [2.24, 2.45) is 0 Å². The fraction of sp³-hybridized carbons (Fsp3) is 0.381. The van der Waals surface area contributed by atoms with Gasteiger partial charge in [-0.2, -0.15) is 0 Å². The molecule has 0 atom stereocenters. The van der Waals surface area contributed by atoms with Gasteiger partial charge in [-0.3, -0.25) is 4.79 Å². The highest BCUT2D eigenvalue weighted by molar-refractivity contribution is 5.92. The smallest absolute Gasteiger partial charge is 0.224 e. The molecule has 2 aromatic carbocycles. The number of anilines is 1. The van der Waals surface area contributed by atoms with E-state index in [-0.39, 0.29) is 17.8 Å². The van der Waals surface area contributed by atoms with E-state index >= 15 is 0 Å². The lowest BCUT2D eigenvalue weighted by atomic mass is 10.0. The summed E-state index contributed by atoms with van der Waals surface area (Å²) in [6.07, 6.45) is 2.79. The summed E-state index contributed by atoms with van der Waals surface area (Å²) in [7, 11) is 0. The van der Waals surface area contributed by atoms with E-state index in [1.54, 1.807) is 23.1 Å². The Balaban J connectivity index is 1.58. The second-order valence-corrected chi connectivity index (χ2v) is 6.65. The first-order valence-electron chi connectivity index (χ1n) is 8.96. The van der Waals surface area contributed by atoms with Crippen molar-refractivity contribution in [2.45, 2.75) is 32.2 Å². The minimum absolute atomic E-state index is 0.0716. The average molecular weight is 340 g/mol. The third kappa shape index (κ3) is 4.45. The minimum Gasteiger partial charge on any atom is -0.307 e. The number of para-hydroxylation sites is 1. The summed E-state index contributed by atoms with van der Waals surface area (Å²) in [5.41, 5.74) is 1.75. The molecule has 0 bridgehead atoms. The predicted octanol–water partition coefficient (Wildman–Crippen LogP) is 3.89. The zero-order valence-electron chi connectivity index (χ0n) is 14.7. The van der Waals surface area contributed by atoms with Crippen molar-refractivity contribution in [1.82, 2.24) is 4.90 Å². The quantitative estimate of drug-likeness (QED) is 0.824. The van der Waals surface area contributed by atoms with Crippen LogP contribution in [0.2, 0.25) is 0 Å². The van der Waals surface area contributed by atoms with Crippen molar-refractivity contribution in [3.8, 4) is 0 Å². The molecular weight excluding hydrogens is 315 g/mol. The maximum atomic E-state index is 14.1. The van der Waals surface area contributed by atoms with E-state index in [4.69, 9.17) is 0 Å². The van der Waals surface area contributed by atoms with Crippen LogP contribution >= 0.6 is 0 Å². The molecule has 0 aliphatic carbocycles. The van der Waals surface area contributed by atoms with Gasteiger partial charge >= 0.3 is 0 Å². The highest BCUT2D eigenvalue weighted by Crippen LogP contribution is 2.26. The molecule has 0 radical (unpaired) electrons. The molecule has 0 aromatic heterocycles. The fourth-order valence-electron chi connectivity index (χ4n) is 3.60. The van der Waals surface area contributed by atoms with Crippen LogP contribution in [0.5, 0.6) is 0 Å². The highest BCUT2D eigenvalue weighted by Gasteiger charge is 2.28. The summed E-state index contributed by atoms with van der Waals surface area (Å²) in [4.78, 5) is 16.2. The number of halogens is 1. The topological polar surface area (TPSA) is 23.6 Å². The maximum absolute atomic E-state index is 14.1. The molecular formula is C21H25FN2O. The Morgan fingerprint density at radius 1 is 1.08 bits per heavy atom. The minimum atomic E-state index is -0.329. The zero-order chi connectivity index (χ0) is 17.6. The first-order valence-corrected chi connectivity index (χ1v) is 8.96. The summed E-state index contributed by atoms with van der Waals surface area (Å²) in [5.74, 6) is -0.419. The van der Waals surface area contributed by atoms with Crippen molar-refractivity contribution < 1.29 is 9.18 Å². The predicted molar refractivity (Wildman–Crippen MR) is 99.2 cm³/mol. The fourth-order valence-corrected chi connectivity index (χ4v) is 3.60. The van der Waals surface area contributed by atoms with E-state index in [9.17, 15) is 9.18 Å². The van der Waals surface area contributed by atoms with Gasteiger partial charge in [-0.15, -0.1) is 0 Å². The Bertz CT molecular complexity index is 696. The summed E-state index contributed by atoms with van der Waals surface area (Å²) < 4.78 is 14.1. The first-order chi connectivity index (χ1) is 12.1. The van der Waals surface area contributed by atoms with Crippen molar-refractivity contribution in [3.05, 3.63) is 66.0 Å². The van der Waals surface area contributed by atoms with Gasteiger partial charge in [0.25, 0.3) is 0 Å². The Morgan fingerprint density at radius 2 is 1.72 bits per heavy atom. The van der Waals surface area contributed by atoms with E-state index in [2.05, 4.69) is 29.2 Å². The molecule has 1 aliphatic rings. The molecule has 1 amide bonds. The van der Waals surface area contributed by atoms with Gasteiger partial charge < -0.3 is 9.80 Å². The molecule has 3 nitrogen and oxygen atoms in total. The summed E-state index contributed by atoms with van der Waals surface area (Å²) >= 11 is 0. The van der Waals surface area contributed by atoms with Crippen LogP contribution in [-0.4, -0.2) is 36.5 Å². The lowest BCUT2D eigenvalue weighted by Crippen LogP contribution is -2.47. The summed E-state index contributed by atoms with van der Waals surface area (Å²) in [6.45, 7) is 4.43. The molecule has 1 saturated heterocycles. The van der Waals surface area contributed by atoms with E-state index in [1.807, 2.05) is 6.07 Å². The van der Waals surface area contributed by atoms with Crippen LogP contribution in [0.15, 0.2) is 54.6 Å². The van der Waals surface area contributed by atoms with Crippen molar-refractivity contribution in [3.63, 3.8) is 0 Å². The first kappa shape index (κ1) is 17.6. The highest BCUT2D eigenvalue weighted by atomic mass is 19.1. The van der Waals surface area contributed by atoms with Crippen molar-refractivity contribution >= 4 is 11.6 Å². The van der Waals surface area contributed by atoms with Crippen LogP contribution in [0.4, 0.5) is 10.1 Å². The molecule has 4 heteroatoms. The molecule has 3 rings (SSSR count). The van der Waals surface area contributed by atoms with E-state index < -0.39 is 0 Å². The average Bonchev–Trinajstić information content (AvgIpc) is 2.63. The summed E-state index contributed by atoms with van der Waals surface area (Å²) in [6, 6.07) is 17.1. The lowest BCUT2D eigenvalue weighted by Gasteiger charge is -2.38. The summed E-state index contributed by atoms with van der Waals surface area (Å²) in [5, 5.41) is 0. The molecule has 1 fully saturated rings. The third-order valence-corrected chi connectivity index (χ3v) is 4.93. The third-order valence-electron chi connectivity index (χ3n) is 4.93. The van der Waals surface area contributed by atoms with Crippen LogP contribution in [0.1, 0.15) is 25.3 Å². The van der Waals surface area contributed by atoms with Gasteiger partial charge in [0.1, 0.15) is 5.82 Å². The largest absolute Gasteiger partial charge is 0.307 e. The van der Waals surface area contributed by atoms with E-state index in [0.29, 0.717) is 5.69 Å². The number of likely N-dealkylation sites (tertiary alicyclic amines) is 1. The van der Waals surface area contributed by atoms with Crippen molar-refractivity contribution in [1.29, 1.82) is 0 Å². The standard InChI is InChI=1S/C21H25FN2O/c1-17(25)24(21-10-6-5-9-20(21)22)19-12-15-23(16-13-19)14-11-18-7-3-2-4-8-18/h2-10,19H,11-16H2,1H3. The van der Waals surface area contributed by atoms with Crippen LogP contribution in [0, 0.1) is 5.82 Å². The van der Waals surface area contributed by atoms with E-state index in [0.717, 1.165) is 38.9 Å². The molecule has 0 spiro atoms. The van der Waals surface area contributed by atoms with Gasteiger partial charge in [0.05, 0.1) is 5.69 Å². The van der Waals surface area contributed by atoms with E-state index in [1.165, 1.54) is 18.6 Å². The van der Waals surface area contributed by atoms with Crippen LogP contribution in [0.25, 0.3) is 0 Å². The Kier molecular flexibility index (Phi) is 5.82. The van der Waals surface area contributed by atoms with Crippen LogP contribution < -0.4 is 4.90 Å². The molecule has 1 heterocycles. The molecule has 0 saturated carbocycles. The van der Waals surface area contributed by atoms with Gasteiger partial charge in [0, 0.05) is 32.6 Å². The monoisotopic (exact) mass is 340 g/mol. The lowest BCUT2D eigenvalue weighted by molar-refractivity contribution is -0.117. The van der Waals surface area contributed by atoms with Gasteiger partial charge in [-0.05, 0) is 37.0 Å². The number of carbonyl (C=O) groups excluding carboxylic acids is 1. The van der Waals surface area contributed by atoms with Crippen LogP contribution in [0.3, 0.4) is 0 Å². The SMILES string of the molecule is CC(=O)N(c1ccccc1F)C1CCN(CCc2ccccc2)CC1. The molecule has 1 aliphatic heterocycles. The number of nitrogens with zero attached hydrogens (tertiary/aromatic N) is 2. The number of hydrogen-bond donors (Lipinski definition) is 0. The molecule has 25 heavy (non-hydrogen) atoms. The number of benzene rings is 2. The maximum Gasteiger partial charge on any atom is 0.224 e. The van der Waals surface area contributed by atoms with Gasteiger partial charge in [0.2, 0.25) is 5.91 Å². The van der Waals surface area contributed by atoms with Gasteiger partial charge in [-0.1, -0.05) is 42.5 Å². The normalized spacial score (nSPS) is 15.9. The molecule has 0 unspecified atom stereocenters. The number of rotatable bonds is 5. The Hall–Kier alpha value is -2.20. The molecule has 2 aromatic rings. The Labute approximate surface area is 149 Å². The van der Waals surface area contributed by atoms with Gasteiger partial charge in [0.15, 0.2) is 0 Å². The second-order valence-electron chi connectivity index (χ2n) is 6.65. The number of piperidine rings is 1. The zero-order valence-corrected chi connectivity index (χ0v) is 14.7. The Morgan fingerprint density at radius 3 is 2.36 bits per heavy atom. The number of hydrogen-bond acceptors (Lipinski definition) is 2. The molecule has 0 N–H and O–H groups in total. The van der Waals surface area contributed by atoms with Gasteiger partial charge in [-0.25, -0.2) is 4.39 Å². The number of amides is 1.